The molecule has 1 aromatic rings. The number of hydrogen-bond acceptors (Lipinski definition) is 6. The Morgan fingerprint density at radius 3 is 2.47 bits per heavy atom. The first-order chi connectivity index (χ1) is 9.22. The summed E-state index contributed by atoms with van der Waals surface area (Å²) in [5, 5.41) is 0. The minimum Gasteiger partial charge on any atom is -0.481 e. The molecular weight excluding hydrogens is 246 g/mol. The number of nitrogens with two attached hydrogens (primary N) is 1. The molecule has 0 atom stereocenters. The summed E-state index contributed by atoms with van der Waals surface area (Å²) in [6.45, 7) is 2.85. The second-order valence-corrected chi connectivity index (χ2v) is 4.09. The highest BCUT2D eigenvalue weighted by molar-refractivity contribution is 5.63. The lowest BCUT2D eigenvalue weighted by atomic mass is 10.3. The fourth-order valence-corrected chi connectivity index (χ4v) is 1.73. The lowest BCUT2D eigenvalue weighted by molar-refractivity contribution is 0.191. The Balaban J connectivity index is 2.81. The molecule has 0 aromatic carbocycles. The van der Waals surface area contributed by atoms with Crippen LogP contribution in [0.5, 0.6) is 5.88 Å². The Bertz CT molecular complexity index is 374. The van der Waals surface area contributed by atoms with Gasteiger partial charge < -0.3 is 24.8 Å². The summed E-state index contributed by atoms with van der Waals surface area (Å²) in [5.74, 6) is 1.28. The molecule has 0 saturated heterocycles. The highest BCUT2D eigenvalue weighted by atomic mass is 16.5. The molecule has 0 aliphatic rings. The molecule has 108 valence electrons. The van der Waals surface area contributed by atoms with Crippen LogP contribution in [-0.4, -0.2) is 52.6 Å². The normalized spacial score (nSPS) is 10.5. The van der Waals surface area contributed by atoms with E-state index in [1.165, 1.54) is 0 Å². The summed E-state index contributed by atoms with van der Waals surface area (Å²) >= 11 is 0. The van der Waals surface area contributed by atoms with Crippen molar-refractivity contribution in [1.82, 2.24) is 4.98 Å². The molecule has 0 aliphatic heterocycles. The number of pyridine rings is 1. The van der Waals surface area contributed by atoms with E-state index in [0.717, 1.165) is 25.3 Å². The van der Waals surface area contributed by atoms with Gasteiger partial charge in [-0.1, -0.05) is 0 Å². The fraction of sp³-hybridized carbons (Fsp3) is 0.615. The Morgan fingerprint density at radius 2 is 1.84 bits per heavy atom. The molecule has 1 heterocycles. The van der Waals surface area contributed by atoms with E-state index in [4.69, 9.17) is 19.9 Å². The third kappa shape index (κ3) is 4.92. The SMILES string of the molecule is COCCCN(CCOC)c1nc(OC)ccc1N. The Labute approximate surface area is 114 Å². The number of ether oxygens (including phenoxy) is 3. The van der Waals surface area contributed by atoms with E-state index in [0.29, 0.717) is 24.8 Å². The average Bonchev–Trinajstić information content (AvgIpc) is 2.43. The zero-order valence-electron chi connectivity index (χ0n) is 11.9. The van der Waals surface area contributed by atoms with E-state index in [1.807, 2.05) is 0 Å². The number of nitrogen functional groups attached to an aromatic ring is 1. The predicted molar refractivity (Wildman–Crippen MR) is 75.8 cm³/mol. The molecular formula is C13H23N3O3. The quantitative estimate of drug-likeness (QED) is 0.678. The van der Waals surface area contributed by atoms with E-state index in [9.17, 15) is 0 Å². The van der Waals surface area contributed by atoms with Crippen molar-refractivity contribution in [3.63, 3.8) is 0 Å². The molecule has 0 aliphatic carbocycles. The van der Waals surface area contributed by atoms with Gasteiger partial charge in [0, 0.05) is 40.0 Å². The van der Waals surface area contributed by atoms with Crippen molar-refractivity contribution in [2.45, 2.75) is 6.42 Å². The first-order valence-corrected chi connectivity index (χ1v) is 6.26. The van der Waals surface area contributed by atoms with Gasteiger partial charge in [0.2, 0.25) is 5.88 Å². The Hall–Kier alpha value is -1.53. The molecule has 19 heavy (non-hydrogen) atoms. The maximum Gasteiger partial charge on any atom is 0.215 e. The van der Waals surface area contributed by atoms with E-state index in [2.05, 4.69) is 9.88 Å². The van der Waals surface area contributed by atoms with Gasteiger partial charge in [-0.2, -0.15) is 4.98 Å². The van der Waals surface area contributed by atoms with Crippen LogP contribution in [0.15, 0.2) is 12.1 Å². The van der Waals surface area contributed by atoms with E-state index in [1.54, 1.807) is 33.5 Å². The van der Waals surface area contributed by atoms with Gasteiger partial charge in [0.05, 0.1) is 19.4 Å². The van der Waals surface area contributed by atoms with Crippen molar-refractivity contribution < 1.29 is 14.2 Å². The molecule has 1 aromatic heterocycles. The van der Waals surface area contributed by atoms with Crippen LogP contribution in [0.4, 0.5) is 11.5 Å². The summed E-state index contributed by atoms with van der Waals surface area (Å²) in [7, 11) is 4.96. The summed E-state index contributed by atoms with van der Waals surface area (Å²) in [6, 6.07) is 3.56. The molecule has 0 radical (unpaired) electrons. The first kappa shape index (κ1) is 15.5. The maximum absolute atomic E-state index is 5.99. The van der Waals surface area contributed by atoms with Crippen molar-refractivity contribution in [2.24, 2.45) is 0 Å². The minimum atomic E-state index is 0.554. The molecule has 6 heteroatoms. The molecule has 6 nitrogen and oxygen atoms in total. The standard InChI is InChI=1S/C13H23N3O3/c1-17-9-4-7-16(8-10-18-2)13-11(14)5-6-12(15-13)19-3/h5-6H,4,7-10,14H2,1-3H3. The largest absolute Gasteiger partial charge is 0.481 e. The highest BCUT2D eigenvalue weighted by Gasteiger charge is 2.12. The second kappa shape index (κ2) is 8.55. The van der Waals surface area contributed by atoms with Gasteiger partial charge in [0.25, 0.3) is 0 Å². The average molecular weight is 269 g/mol. The van der Waals surface area contributed by atoms with Crippen LogP contribution in [0.2, 0.25) is 0 Å². The van der Waals surface area contributed by atoms with Crippen LogP contribution in [0, 0.1) is 0 Å². The van der Waals surface area contributed by atoms with Gasteiger partial charge in [0.15, 0.2) is 5.82 Å². The van der Waals surface area contributed by atoms with Crippen molar-refractivity contribution in [1.29, 1.82) is 0 Å². The van der Waals surface area contributed by atoms with Gasteiger partial charge in [-0.15, -0.1) is 0 Å². The third-order valence-corrected chi connectivity index (χ3v) is 2.73. The molecule has 2 N–H and O–H groups in total. The summed E-state index contributed by atoms with van der Waals surface area (Å²) < 4.78 is 15.3. The summed E-state index contributed by atoms with van der Waals surface area (Å²) in [6.07, 6.45) is 0.901. The van der Waals surface area contributed by atoms with Crippen LogP contribution in [0.1, 0.15) is 6.42 Å². The molecule has 0 unspecified atom stereocenters. The van der Waals surface area contributed by atoms with Gasteiger partial charge in [-0.05, 0) is 12.5 Å². The first-order valence-electron chi connectivity index (χ1n) is 6.26. The zero-order chi connectivity index (χ0) is 14.1. The van der Waals surface area contributed by atoms with Gasteiger partial charge in [-0.25, -0.2) is 0 Å². The number of nitrogens with zero attached hydrogens (tertiary/aromatic N) is 2. The van der Waals surface area contributed by atoms with E-state index >= 15 is 0 Å². The minimum absolute atomic E-state index is 0.554. The van der Waals surface area contributed by atoms with Crippen LogP contribution >= 0.6 is 0 Å². The monoisotopic (exact) mass is 269 g/mol. The molecule has 0 spiro atoms. The third-order valence-electron chi connectivity index (χ3n) is 2.73. The summed E-state index contributed by atoms with van der Waals surface area (Å²) in [5.41, 5.74) is 6.62. The smallest absolute Gasteiger partial charge is 0.215 e. The molecule has 0 bridgehead atoms. The van der Waals surface area contributed by atoms with Crippen LogP contribution < -0.4 is 15.4 Å². The second-order valence-electron chi connectivity index (χ2n) is 4.09. The van der Waals surface area contributed by atoms with Crippen LogP contribution in [0.25, 0.3) is 0 Å². The lowest BCUT2D eigenvalue weighted by Crippen LogP contribution is -2.30. The summed E-state index contributed by atoms with van der Waals surface area (Å²) in [4.78, 5) is 6.49. The number of anilines is 2. The molecule has 0 saturated carbocycles. The Morgan fingerprint density at radius 1 is 1.11 bits per heavy atom. The predicted octanol–water partition coefficient (Wildman–Crippen LogP) is 1.16. The fourth-order valence-electron chi connectivity index (χ4n) is 1.73. The van der Waals surface area contributed by atoms with Crippen molar-refractivity contribution >= 4 is 11.5 Å². The topological polar surface area (TPSA) is 69.8 Å². The van der Waals surface area contributed by atoms with Gasteiger partial charge in [-0.3, -0.25) is 0 Å². The van der Waals surface area contributed by atoms with Crippen molar-refractivity contribution in [3.05, 3.63) is 12.1 Å². The maximum atomic E-state index is 5.99. The Kier molecular flexibility index (Phi) is 6.99. The number of methoxy groups -OCH3 is 3. The highest BCUT2D eigenvalue weighted by Crippen LogP contribution is 2.23. The zero-order valence-corrected chi connectivity index (χ0v) is 11.9. The number of aromatic nitrogens is 1. The van der Waals surface area contributed by atoms with Crippen LogP contribution in [0.3, 0.4) is 0 Å². The van der Waals surface area contributed by atoms with E-state index < -0.39 is 0 Å². The number of rotatable bonds is 9. The van der Waals surface area contributed by atoms with Crippen molar-refractivity contribution in [2.75, 3.05) is 58.3 Å². The lowest BCUT2D eigenvalue weighted by Gasteiger charge is -2.24. The van der Waals surface area contributed by atoms with E-state index in [-0.39, 0.29) is 0 Å². The molecule has 0 fully saturated rings. The molecule has 1 rings (SSSR count). The van der Waals surface area contributed by atoms with Gasteiger partial charge in [0.1, 0.15) is 0 Å². The van der Waals surface area contributed by atoms with Gasteiger partial charge >= 0.3 is 0 Å². The van der Waals surface area contributed by atoms with Crippen molar-refractivity contribution in [3.8, 4) is 5.88 Å². The van der Waals surface area contributed by atoms with Crippen LogP contribution in [-0.2, 0) is 9.47 Å². The molecule has 0 amide bonds. The number of hydrogen-bond donors (Lipinski definition) is 1.